The Balaban J connectivity index is 1.44. The van der Waals surface area contributed by atoms with Gasteiger partial charge in [0.25, 0.3) is 0 Å². The second-order valence-electron chi connectivity index (χ2n) is 7.03. The minimum Gasteiger partial charge on any atom is -0.492 e. The number of hydrogen-bond acceptors (Lipinski definition) is 3. The molecule has 1 fully saturated rings. The van der Waals surface area contributed by atoms with Crippen molar-refractivity contribution >= 4 is 11.6 Å². The van der Waals surface area contributed by atoms with Crippen LogP contribution in [0.25, 0.3) is 11.1 Å². The first-order valence-electron chi connectivity index (χ1n) is 9.15. The van der Waals surface area contributed by atoms with Gasteiger partial charge in [0.05, 0.1) is 17.7 Å². The lowest BCUT2D eigenvalue weighted by molar-refractivity contribution is 0.0000510. The Labute approximate surface area is 154 Å². The summed E-state index contributed by atoms with van der Waals surface area (Å²) < 4.78 is 5.94. The molecule has 1 aliphatic heterocycles. The van der Waals surface area contributed by atoms with E-state index in [4.69, 9.17) is 16.3 Å². The van der Waals surface area contributed by atoms with Gasteiger partial charge in [-0.15, -0.1) is 0 Å². The molecule has 132 valence electrons. The number of ether oxygens (including phenoxy) is 1. The number of β-amino-alcohol motifs (C(OH)–C–C–N with tert-alkyl or cyclic N) is 1. The predicted molar refractivity (Wildman–Crippen MR) is 101 cm³/mol. The molecule has 0 aromatic heterocycles. The van der Waals surface area contributed by atoms with Crippen LogP contribution in [0.15, 0.2) is 36.4 Å². The molecule has 0 atom stereocenters. The van der Waals surface area contributed by atoms with Crippen LogP contribution in [0.4, 0.5) is 0 Å². The molecule has 1 aliphatic carbocycles. The van der Waals surface area contributed by atoms with Crippen molar-refractivity contribution in [1.29, 1.82) is 0 Å². The van der Waals surface area contributed by atoms with Gasteiger partial charge in [-0.05, 0) is 48.4 Å². The second kappa shape index (κ2) is 7.36. The summed E-state index contributed by atoms with van der Waals surface area (Å²) in [5, 5.41) is 10.0. The molecule has 1 heterocycles. The first-order chi connectivity index (χ1) is 12.2. The van der Waals surface area contributed by atoms with Crippen LogP contribution < -0.4 is 4.74 Å². The van der Waals surface area contributed by atoms with Crippen molar-refractivity contribution in [3.8, 4) is 16.9 Å². The average Bonchev–Trinajstić information content (AvgIpc) is 3.07. The van der Waals surface area contributed by atoms with Crippen LogP contribution in [-0.2, 0) is 12.8 Å². The first kappa shape index (κ1) is 16.9. The zero-order valence-corrected chi connectivity index (χ0v) is 15.1. The van der Waals surface area contributed by atoms with E-state index in [9.17, 15) is 5.11 Å². The summed E-state index contributed by atoms with van der Waals surface area (Å²) in [6, 6.07) is 12.6. The summed E-state index contributed by atoms with van der Waals surface area (Å²) in [4.78, 5) is 2.24. The number of aliphatic hydroxyl groups excluding tert-OH is 1. The Morgan fingerprint density at radius 2 is 1.88 bits per heavy atom. The van der Waals surface area contributed by atoms with Gasteiger partial charge < -0.3 is 9.84 Å². The summed E-state index contributed by atoms with van der Waals surface area (Å²) in [5.74, 6) is 0.762. The van der Waals surface area contributed by atoms with Gasteiger partial charge in [-0.25, -0.2) is 0 Å². The van der Waals surface area contributed by atoms with E-state index < -0.39 is 0 Å². The number of aliphatic hydroxyl groups is 1. The fourth-order valence-corrected chi connectivity index (χ4v) is 4.18. The van der Waals surface area contributed by atoms with Crippen LogP contribution >= 0.6 is 11.6 Å². The molecule has 1 N–H and O–H groups in total. The summed E-state index contributed by atoms with van der Waals surface area (Å²) in [6.45, 7) is 3.17. The van der Waals surface area contributed by atoms with E-state index in [0.29, 0.717) is 11.6 Å². The topological polar surface area (TPSA) is 32.7 Å². The van der Waals surface area contributed by atoms with Gasteiger partial charge in [-0.3, -0.25) is 4.90 Å². The quantitative estimate of drug-likeness (QED) is 0.795. The molecule has 0 radical (unpaired) electrons. The van der Waals surface area contributed by atoms with Gasteiger partial charge >= 0.3 is 0 Å². The minimum atomic E-state index is -0.139. The molecule has 4 heteroatoms. The summed E-state index contributed by atoms with van der Waals surface area (Å²) in [6.07, 6.45) is 4.33. The number of aryl methyl sites for hydroxylation is 1. The summed E-state index contributed by atoms with van der Waals surface area (Å²) in [5.41, 5.74) is 5.22. The molecule has 0 saturated carbocycles. The Hall–Kier alpha value is -1.55. The fraction of sp³-hybridized carbons (Fsp3) is 0.429. The highest BCUT2D eigenvalue weighted by Gasteiger charge is 2.23. The lowest BCUT2D eigenvalue weighted by atomic mass is 9.97. The minimum absolute atomic E-state index is 0.139. The highest BCUT2D eigenvalue weighted by Crippen LogP contribution is 2.39. The Kier molecular flexibility index (Phi) is 4.98. The van der Waals surface area contributed by atoms with Gasteiger partial charge in [0.2, 0.25) is 0 Å². The number of rotatable bonds is 6. The van der Waals surface area contributed by atoms with Crippen molar-refractivity contribution in [2.75, 3.05) is 26.2 Å². The molecular weight excluding hydrogens is 334 g/mol. The molecule has 2 aromatic carbocycles. The molecule has 0 bridgehead atoms. The monoisotopic (exact) mass is 357 g/mol. The van der Waals surface area contributed by atoms with Gasteiger partial charge in [0, 0.05) is 25.2 Å². The average molecular weight is 358 g/mol. The third-order valence-corrected chi connectivity index (χ3v) is 5.60. The van der Waals surface area contributed by atoms with E-state index in [1.807, 2.05) is 12.1 Å². The highest BCUT2D eigenvalue weighted by molar-refractivity contribution is 6.34. The van der Waals surface area contributed by atoms with Gasteiger partial charge in [0.15, 0.2) is 0 Å². The predicted octanol–water partition coefficient (Wildman–Crippen LogP) is 3.94. The molecule has 2 aliphatic rings. The number of likely N-dealkylation sites (tertiary alicyclic amines) is 1. The molecule has 1 saturated heterocycles. The van der Waals surface area contributed by atoms with Crippen LogP contribution in [-0.4, -0.2) is 42.4 Å². The van der Waals surface area contributed by atoms with Crippen molar-refractivity contribution in [3.63, 3.8) is 0 Å². The lowest BCUT2D eigenvalue weighted by Crippen LogP contribution is -2.50. The van der Waals surface area contributed by atoms with E-state index in [1.54, 1.807) is 0 Å². The lowest BCUT2D eigenvalue weighted by Gasteiger charge is -2.35. The molecule has 4 rings (SSSR count). The van der Waals surface area contributed by atoms with E-state index in [-0.39, 0.29) is 6.10 Å². The molecule has 0 amide bonds. The first-order valence-corrected chi connectivity index (χ1v) is 9.53. The molecule has 0 spiro atoms. The maximum Gasteiger partial charge on any atom is 0.138 e. The largest absolute Gasteiger partial charge is 0.492 e. The normalized spacial score (nSPS) is 17.4. The Morgan fingerprint density at radius 3 is 2.72 bits per heavy atom. The van der Waals surface area contributed by atoms with E-state index in [0.717, 1.165) is 43.8 Å². The molecule has 25 heavy (non-hydrogen) atoms. The van der Waals surface area contributed by atoms with Crippen LogP contribution in [0.2, 0.25) is 5.02 Å². The number of benzene rings is 2. The van der Waals surface area contributed by atoms with Crippen molar-refractivity contribution in [3.05, 3.63) is 52.5 Å². The molecule has 3 nitrogen and oxygen atoms in total. The maximum absolute atomic E-state index is 9.30. The highest BCUT2D eigenvalue weighted by atomic mass is 35.5. The summed E-state index contributed by atoms with van der Waals surface area (Å²) in [7, 11) is 0. The van der Waals surface area contributed by atoms with E-state index in [2.05, 4.69) is 29.2 Å². The Bertz CT molecular complexity index is 756. The summed E-state index contributed by atoms with van der Waals surface area (Å²) >= 11 is 6.68. The second-order valence-corrected chi connectivity index (χ2v) is 7.41. The van der Waals surface area contributed by atoms with E-state index >= 15 is 0 Å². The third-order valence-electron chi connectivity index (χ3n) is 5.21. The maximum atomic E-state index is 9.30. The number of fused-ring (bicyclic) bond motifs is 1. The van der Waals surface area contributed by atoms with Gasteiger partial charge in [-0.1, -0.05) is 41.9 Å². The van der Waals surface area contributed by atoms with Crippen molar-refractivity contribution in [1.82, 2.24) is 4.90 Å². The smallest absolute Gasteiger partial charge is 0.138 e. The molecule has 0 unspecified atom stereocenters. The number of hydrogen-bond donors (Lipinski definition) is 1. The van der Waals surface area contributed by atoms with Crippen molar-refractivity contribution in [2.24, 2.45) is 0 Å². The number of halogens is 1. The number of nitrogens with zero attached hydrogens (tertiary/aromatic N) is 1. The SMILES string of the molecule is OC1CN(CCCOc2cccc(-c3cccc4c3CCC4)c2Cl)C1. The molecular formula is C21H24ClNO2. The van der Waals surface area contributed by atoms with Gasteiger partial charge in [-0.2, -0.15) is 0 Å². The van der Waals surface area contributed by atoms with Crippen LogP contribution in [0.3, 0.4) is 0 Å². The van der Waals surface area contributed by atoms with Crippen molar-refractivity contribution in [2.45, 2.75) is 31.8 Å². The Morgan fingerprint density at radius 1 is 1.08 bits per heavy atom. The van der Waals surface area contributed by atoms with Crippen LogP contribution in [0.1, 0.15) is 24.0 Å². The van der Waals surface area contributed by atoms with E-state index in [1.165, 1.54) is 29.5 Å². The zero-order chi connectivity index (χ0) is 17.2. The molecule has 2 aromatic rings. The van der Waals surface area contributed by atoms with Crippen LogP contribution in [0.5, 0.6) is 5.75 Å². The zero-order valence-electron chi connectivity index (χ0n) is 14.4. The standard InChI is InChI=1S/C21H24ClNO2/c22-21-19(18-8-2-6-15-5-1-7-17(15)18)9-3-10-20(21)25-12-4-11-23-13-16(24)14-23/h2-3,6,8-10,16,24H,1,4-5,7,11-14H2. The fourth-order valence-electron chi connectivity index (χ4n) is 3.90. The van der Waals surface area contributed by atoms with Crippen molar-refractivity contribution < 1.29 is 9.84 Å². The third kappa shape index (κ3) is 3.55. The van der Waals surface area contributed by atoms with Crippen LogP contribution in [0, 0.1) is 0 Å². The van der Waals surface area contributed by atoms with Gasteiger partial charge in [0.1, 0.15) is 5.75 Å².